The number of hydrogen-bond donors (Lipinski definition) is 0. The molecule has 35 heavy (non-hydrogen) atoms. The van der Waals surface area contributed by atoms with Crippen LogP contribution in [0.3, 0.4) is 0 Å². The van der Waals surface area contributed by atoms with Crippen LogP contribution in [0.15, 0.2) is 30.5 Å². The first-order valence-electron chi connectivity index (χ1n) is 12.5. The molecule has 1 aromatic carbocycles. The molecule has 0 radical (unpaired) electrons. The normalized spacial score (nSPS) is 21.3. The summed E-state index contributed by atoms with van der Waals surface area (Å²) in [5.41, 5.74) is 4.82. The number of rotatable bonds is 4. The highest BCUT2D eigenvalue weighted by molar-refractivity contribution is 6.10. The fourth-order valence-electron chi connectivity index (χ4n) is 5.82. The molecule has 2 aliphatic rings. The Hall–Kier alpha value is -3.33. The number of pyridine rings is 1. The molecule has 2 fully saturated rings. The van der Waals surface area contributed by atoms with Crippen LogP contribution in [-0.4, -0.2) is 40.4 Å². The number of nitrogens with zero attached hydrogens (tertiary/aromatic N) is 3. The first-order chi connectivity index (χ1) is 16.7. The molecule has 0 N–H and O–H groups in total. The third-order valence-electron chi connectivity index (χ3n) is 7.65. The van der Waals surface area contributed by atoms with Gasteiger partial charge in [-0.2, -0.15) is 5.26 Å². The van der Waals surface area contributed by atoms with Crippen molar-refractivity contribution in [3.8, 4) is 17.3 Å². The van der Waals surface area contributed by atoms with Gasteiger partial charge in [0.25, 0.3) is 0 Å². The topological polar surface area (TPSA) is 91.1 Å². The van der Waals surface area contributed by atoms with E-state index in [0.29, 0.717) is 37.4 Å². The number of aromatic nitrogens is 1. The highest BCUT2D eigenvalue weighted by Crippen LogP contribution is 2.40. The van der Waals surface area contributed by atoms with Gasteiger partial charge in [-0.3, -0.25) is 19.4 Å². The molecule has 0 unspecified atom stereocenters. The molecule has 2 heterocycles. The monoisotopic (exact) mass is 471 g/mol. The lowest BCUT2D eigenvalue weighted by Crippen LogP contribution is -2.44. The van der Waals surface area contributed by atoms with Crippen LogP contribution >= 0.6 is 0 Å². The molecule has 1 saturated carbocycles. The number of carbonyl (C=O) groups excluding carboxylic acids is 3. The Morgan fingerprint density at radius 1 is 1.03 bits per heavy atom. The maximum absolute atomic E-state index is 13.3. The first kappa shape index (κ1) is 24.8. The zero-order valence-electron chi connectivity index (χ0n) is 21.0. The third-order valence-corrected chi connectivity index (χ3v) is 7.65. The Labute approximate surface area is 207 Å². The molecule has 0 atom stereocenters. The van der Waals surface area contributed by atoms with Crippen molar-refractivity contribution < 1.29 is 14.4 Å². The van der Waals surface area contributed by atoms with Gasteiger partial charge >= 0.3 is 0 Å². The summed E-state index contributed by atoms with van der Waals surface area (Å²) in [6.45, 7) is 9.17. The Kier molecular flexibility index (Phi) is 7.16. The molecule has 1 saturated heterocycles. The molecular weight excluding hydrogens is 438 g/mol. The van der Waals surface area contributed by atoms with E-state index in [9.17, 15) is 14.4 Å². The van der Waals surface area contributed by atoms with Gasteiger partial charge in [0.15, 0.2) is 0 Å². The fourth-order valence-corrected chi connectivity index (χ4v) is 5.82. The number of benzene rings is 1. The van der Waals surface area contributed by atoms with Gasteiger partial charge in [-0.25, -0.2) is 0 Å². The van der Waals surface area contributed by atoms with Crippen LogP contribution in [0, 0.1) is 42.9 Å². The molecule has 6 nitrogen and oxygen atoms in total. The fraction of sp³-hybridized carbons (Fsp3) is 0.483. The molecule has 1 aromatic heterocycles. The Balaban J connectivity index is 1.48. The SMILES string of the molecule is Cc1cc(-c2ccc(C#N)cn2)cc(C)c1C1C(=O)CC(C2CCN(C(=O)C(C)C)CC2)CC1=O. The minimum Gasteiger partial charge on any atom is -0.342 e. The van der Waals surface area contributed by atoms with Crippen LogP contribution < -0.4 is 0 Å². The second-order valence-corrected chi connectivity index (χ2v) is 10.4. The van der Waals surface area contributed by atoms with Crippen molar-refractivity contribution in [2.45, 2.75) is 59.3 Å². The minimum atomic E-state index is -0.697. The zero-order valence-corrected chi connectivity index (χ0v) is 21.0. The number of amides is 1. The second kappa shape index (κ2) is 10.1. The van der Waals surface area contributed by atoms with Crippen LogP contribution in [0.25, 0.3) is 11.3 Å². The summed E-state index contributed by atoms with van der Waals surface area (Å²) >= 11 is 0. The summed E-state index contributed by atoms with van der Waals surface area (Å²) in [5, 5.41) is 9.00. The van der Waals surface area contributed by atoms with E-state index in [-0.39, 0.29) is 29.3 Å². The maximum atomic E-state index is 13.3. The lowest BCUT2D eigenvalue weighted by Gasteiger charge is -2.39. The van der Waals surface area contributed by atoms with Gasteiger partial charge in [-0.15, -0.1) is 0 Å². The van der Waals surface area contributed by atoms with E-state index in [4.69, 9.17) is 5.26 Å². The number of hydrogen-bond acceptors (Lipinski definition) is 5. The summed E-state index contributed by atoms with van der Waals surface area (Å²) in [4.78, 5) is 45.2. The average Bonchev–Trinajstić information content (AvgIpc) is 2.84. The van der Waals surface area contributed by atoms with Crippen LogP contribution in [0.4, 0.5) is 0 Å². The van der Waals surface area contributed by atoms with Crippen molar-refractivity contribution in [3.05, 3.63) is 52.7 Å². The van der Waals surface area contributed by atoms with E-state index in [1.807, 2.05) is 50.8 Å². The lowest BCUT2D eigenvalue weighted by molar-refractivity contribution is -0.138. The van der Waals surface area contributed by atoms with Crippen LogP contribution in [0.2, 0.25) is 0 Å². The number of likely N-dealkylation sites (tertiary alicyclic amines) is 1. The van der Waals surface area contributed by atoms with Crippen molar-refractivity contribution in [2.24, 2.45) is 17.8 Å². The summed E-state index contributed by atoms with van der Waals surface area (Å²) < 4.78 is 0. The van der Waals surface area contributed by atoms with E-state index in [0.717, 1.165) is 40.8 Å². The lowest BCUT2D eigenvalue weighted by atomic mass is 9.69. The van der Waals surface area contributed by atoms with E-state index < -0.39 is 5.92 Å². The molecule has 6 heteroatoms. The van der Waals surface area contributed by atoms with Crippen LogP contribution in [-0.2, 0) is 14.4 Å². The predicted molar refractivity (Wildman–Crippen MR) is 133 cm³/mol. The summed E-state index contributed by atoms with van der Waals surface area (Å²) in [5.74, 6) is -0.0976. The molecule has 0 spiro atoms. The van der Waals surface area contributed by atoms with E-state index in [1.54, 1.807) is 12.3 Å². The van der Waals surface area contributed by atoms with Gasteiger partial charge in [0.05, 0.1) is 11.3 Å². The smallest absolute Gasteiger partial charge is 0.225 e. The molecule has 2 aromatic rings. The summed E-state index contributed by atoms with van der Waals surface area (Å²) in [6, 6.07) is 9.58. The van der Waals surface area contributed by atoms with Crippen molar-refractivity contribution in [3.63, 3.8) is 0 Å². The molecule has 1 aliphatic heterocycles. The van der Waals surface area contributed by atoms with Crippen molar-refractivity contribution in [1.29, 1.82) is 5.26 Å². The Morgan fingerprint density at radius 2 is 1.63 bits per heavy atom. The van der Waals surface area contributed by atoms with Gasteiger partial charge in [0, 0.05) is 43.6 Å². The standard InChI is InChI=1S/C29H33N3O3/c1-17(2)29(35)32-9-7-21(8-10-32)22-13-25(33)28(26(34)14-22)27-18(3)11-23(12-19(27)4)24-6-5-20(15-30)16-31-24/h5-6,11-12,16-17,21-22,28H,7-10,13-14H2,1-4H3. The van der Waals surface area contributed by atoms with E-state index >= 15 is 0 Å². The second-order valence-electron chi connectivity index (χ2n) is 10.4. The zero-order chi connectivity index (χ0) is 25.3. The van der Waals surface area contributed by atoms with Gasteiger partial charge in [-0.05, 0) is 79.5 Å². The molecule has 4 rings (SSSR count). The molecule has 1 aliphatic carbocycles. The van der Waals surface area contributed by atoms with Crippen LogP contribution in [0.5, 0.6) is 0 Å². The number of carbonyl (C=O) groups is 3. The molecule has 182 valence electrons. The Bertz CT molecular complexity index is 1140. The van der Waals surface area contributed by atoms with Gasteiger partial charge in [0.1, 0.15) is 23.6 Å². The summed E-state index contributed by atoms with van der Waals surface area (Å²) in [7, 11) is 0. The molecule has 1 amide bonds. The predicted octanol–water partition coefficient (Wildman–Crippen LogP) is 4.76. The Morgan fingerprint density at radius 3 is 2.11 bits per heavy atom. The molecular formula is C29H33N3O3. The number of ketones is 2. The minimum absolute atomic E-state index is 0.00398. The van der Waals surface area contributed by atoms with Crippen molar-refractivity contribution in [1.82, 2.24) is 9.88 Å². The number of aryl methyl sites for hydroxylation is 2. The largest absolute Gasteiger partial charge is 0.342 e. The average molecular weight is 472 g/mol. The van der Waals surface area contributed by atoms with Gasteiger partial charge in [-0.1, -0.05) is 13.8 Å². The van der Waals surface area contributed by atoms with Crippen molar-refractivity contribution in [2.75, 3.05) is 13.1 Å². The van der Waals surface area contributed by atoms with Gasteiger partial charge in [0.2, 0.25) is 5.91 Å². The van der Waals surface area contributed by atoms with Crippen LogP contribution in [0.1, 0.15) is 67.7 Å². The van der Waals surface area contributed by atoms with Crippen molar-refractivity contribution >= 4 is 17.5 Å². The van der Waals surface area contributed by atoms with Gasteiger partial charge < -0.3 is 4.90 Å². The van der Waals surface area contributed by atoms with E-state index in [2.05, 4.69) is 11.1 Å². The number of Topliss-reactive ketones (excluding diaryl/α,β-unsaturated/α-hetero) is 2. The first-order valence-corrected chi connectivity index (χ1v) is 12.5. The highest BCUT2D eigenvalue weighted by Gasteiger charge is 2.41. The third kappa shape index (κ3) is 5.05. The highest BCUT2D eigenvalue weighted by atomic mass is 16.2. The quantitative estimate of drug-likeness (QED) is 0.600. The molecule has 0 bridgehead atoms. The number of nitriles is 1. The van der Waals surface area contributed by atoms with E-state index in [1.165, 1.54) is 0 Å². The summed E-state index contributed by atoms with van der Waals surface area (Å²) in [6.07, 6.45) is 4.12. The number of piperidine rings is 1. The maximum Gasteiger partial charge on any atom is 0.225 e.